The molecule has 0 fully saturated rings. The van der Waals surface area contributed by atoms with Crippen molar-refractivity contribution in [3.05, 3.63) is 112 Å². The Labute approximate surface area is 238 Å². The number of hydrazone groups is 1. The fourth-order valence-electron chi connectivity index (χ4n) is 4.18. The number of carbonyl (C=O) groups excluding carboxylic acids is 2. The average molecular weight is 558 g/mol. The summed E-state index contributed by atoms with van der Waals surface area (Å²) >= 11 is 5.89. The van der Waals surface area contributed by atoms with Crippen LogP contribution in [0, 0.1) is 0 Å². The number of rotatable bonds is 11. The standard InChI is InChI=1S/C31H32ClN5O3/c1-36(2)16-17-37(20-22-8-4-3-5-9-22)21-33-31(40)27-14-12-24(25-10-6-7-11-26(25)27)19-34-35-30(39)23-13-15-29(38)28(32)18-23/h3-15,18-19,38H,16-17,20-21H2,1-2H3,(H,33,40)(H,35,39)/b34-19+. The number of phenolic OH excluding ortho intramolecular Hbond substituents is 1. The third kappa shape index (κ3) is 7.66. The van der Waals surface area contributed by atoms with Crippen molar-refractivity contribution < 1.29 is 14.7 Å². The molecule has 40 heavy (non-hydrogen) atoms. The molecule has 0 aliphatic rings. The number of benzene rings is 4. The molecule has 0 spiro atoms. The average Bonchev–Trinajstić information content (AvgIpc) is 2.96. The quantitative estimate of drug-likeness (QED) is 0.141. The van der Waals surface area contributed by atoms with Gasteiger partial charge in [-0.1, -0.05) is 72.3 Å². The highest BCUT2D eigenvalue weighted by Gasteiger charge is 2.14. The largest absolute Gasteiger partial charge is 0.506 e. The van der Waals surface area contributed by atoms with E-state index in [1.807, 2.05) is 56.6 Å². The van der Waals surface area contributed by atoms with E-state index >= 15 is 0 Å². The summed E-state index contributed by atoms with van der Waals surface area (Å²) in [5.41, 5.74) is 5.22. The van der Waals surface area contributed by atoms with E-state index in [4.69, 9.17) is 11.6 Å². The molecule has 0 unspecified atom stereocenters. The summed E-state index contributed by atoms with van der Waals surface area (Å²) in [6, 6.07) is 25.5. The van der Waals surface area contributed by atoms with Crippen LogP contribution >= 0.6 is 11.6 Å². The van der Waals surface area contributed by atoms with Gasteiger partial charge < -0.3 is 15.3 Å². The summed E-state index contributed by atoms with van der Waals surface area (Å²) < 4.78 is 0. The highest BCUT2D eigenvalue weighted by atomic mass is 35.5. The summed E-state index contributed by atoms with van der Waals surface area (Å²) in [6.45, 7) is 2.82. The van der Waals surface area contributed by atoms with Gasteiger partial charge in [-0.3, -0.25) is 14.5 Å². The molecule has 0 aliphatic carbocycles. The monoisotopic (exact) mass is 557 g/mol. The second-order valence-electron chi connectivity index (χ2n) is 9.62. The third-order valence-electron chi connectivity index (χ3n) is 6.36. The van der Waals surface area contributed by atoms with Gasteiger partial charge in [0.25, 0.3) is 11.8 Å². The molecule has 0 heterocycles. The van der Waals surface area contributed by atoms with Crippen molar-refractivity contribution in [2.45, 2.75) is 6.54 Å². The van der Waals surface area contributed by atoms with E-state index in [-0.39, 0.29) is 22.2 Å². The van der Waals surface area contributed by atoms with Gasteiger partial charge in [0.2, 0.25) is 0 Å². The van der Waals surface area contributed by atoms with Crippen molar-refractivity contribution in [3.8, 4) is 5.75 Å². The van der Waals surface area contributed by atoms with Crippen molar-refractivity contribution in [2.75, 3.05) is 33.9 Å². The number of nitrogens with one attached hydrogen (secondary N) is 2. The number of fused-ring (bicyclic) bond motifs is 1. The number of carbonyl (C=O) groups is 2. The molecule has 4 rings (SSSR count). The maximum absolute atomic E-state index is 13.3. The fourth-order valence-corrected chi connectivity index (χ4v) is 4.36. The Morgan fingerprint density at radius 1 is 0.900 bits per heavy atom. The van der Waals surface area contributed by atoms with Crippen LogP contribution in [0.3, 0.4) is 0 Å². The minimum Gasteiger partial charge on any atom is -0.506 e. The van der Waals surface area contributed by atoms with E-state index in [9.17, 15) is 14.7 Å². The molecule has 0 aliphatic heterocycles. The van der Waals surface area contributed by atoms with Gasteiger partial charge in [-0.15, -0.1) is 0 Å². The lowest BCUT2D eigenvalue weighted by atomic mass is 9.99. The zero-order chi connectivity index (χ0) is 28.5. The molecule has 4 aromatic rings. The summed E-state index contributed by atoms with van der Waals surface area (Å²) in [5, 5.41) is 18.4. The highest BCUT2D eigenvalue weighted by Crippen LogP contribution is 2.24. The van der Waals surface area contributed by atoms with Gasteiger partial charge in [0.15, 0.2) is 0 Å². The van der Waals surface area contributed by atoms with Crippen molar-refractivity contribution in [2.24, 2.45) is 5.10 Å². The Morgan fingerprint density at radius 3 is 2.35 bits per heavy atom. The molecule has 0 saturated carbocycles. The molecule has 8 nitrogen and oxygen atoms in total. The smallest absolute Gasteiger partial charge is 0.271 e. The van der Waals surface area contributed by atoms with Crippen molar-refractivity contribution >= 4 is 40.4 Å². The molecule has 3 N–H and O–H groups in total. The van der Waals surface area contributed by atoms with Gasteiger partial charge >= 0.3 is 0 Å². The van der Waals surface area contributed by atoms with Gasteiger partial charge in [0.05, 0.1) is 17.9 Å². The van der Waals surface area contributed by atoms with Crippen LogP contribution in [-0.2, 0) is 6.54 Å². The van der Waals surface area contributed by atoms with Gasteiger partial charge in [0, 0.05) is 36.3 Å². The number of hydrogen-bond donors (Lipinski definition) is 3. The third-order valence-corrected chi connectivity index (χ3v) is 6.66. The lowest BCUT2D eigenvalue weighted by Gasteiger charge is -2.24. The first-order valence-corrected chi connectivity index (χ1v) is 13.2. The lowest BCUT2D eigenvalue weighted by Crippen LogP contribution is -2.40. The van der Waals surface area contributed by atoms with E-state index in [0.29, 0.717) is 12.2 Å². The summed E-state index contributed by atoms with van der Waals surface area (Å²) in [4.78, 5) is 30.0. The first-order valence-electron chi connectivity index (χ1n) is 12.8. The second kappa shape index (κ2) is 13.7. The molecule has 206 valence electrons. The van der Waals surface area contributed by atoms with Crippen LogP contribution < -0.4 is 10.7 Å². The van der Waals surface area contributed by atoms with Gasteiger partial charge in [0.1, 0.15) is 5.75 Å². The van der Waals surface area contributed by atoms with Gasteiger partial charge in [-0.2, -0.15) is 5.10 Å². The van der Waals surface area contributed by atoms with Crippen molar-refractivity contribution in [3.63, 3.8) is 0 Å². The zero-order valence-electron chi connectivity index (χ0n) is 22.5. The molecule has 2 amide bonds. The van der Waals surface area contributed by atoms with Crippen LogP contribution in [0.5, 0.6) is 5.75 Å². The van der Waals surface area contributed by atoms with E-state index < -0.39 is 5.91 Å². The molecule has 9 heteroatoms. The Bertz CT molecular complexity index is 1510. The minimum atomic E-state index is -0.465. The molecule has 0 bridgehead atoms. The van der Waals surface area contributed by atoms with Crippen LogP contribution in [0.15, 0.2) is 90.0 Å². The number of nitrogens with zero attached hydrogens (tertiary/aromatic N) is 3. The topological polar surface area (TPSA) is 97.3 Å². The predicted molar refractivity (Wildman–Crippen MR) is 160 cm³/mol. The van der Waals surface area contributed by atoms with E-state index in [1.54, 1.807) is 12.1 Å². The number of halogens is 1. The molecule has 0 saturated heterocycles. The van der Waals surface area contributed by atoms with Crippen LogP contribution in [0.2, 0.25) is 5.02 Å². The van der Waals surface area contributed by atoms with Crippen LogP contribution in [0.4, 0.5) is 0 Å². The predicted octanol–water partition coefficient (Wildman–Crippen LogP) is 4.71. The normalized spacial score (nSPS) is 11.4. The lowest BCUT2D eigenvalue weighted by molar-refractivity contribution is 0.0916. The first-order chi connectivity index (χ1) is 19.3. The summed E-state index contributed by atoms with van der Waals surface area (Å²) in [7, 11) is 4.06. The van der Waals surface area contributed by atoms with E-state index in [2.05, 4.69) is 37.8 Å². The van der Waals surface area contributed by atoms with Crippen LogP contribution in [-0.4, -0.2) is 66.8 Å². The van der Waals surface area contributed by atoms with Gasteiger partial charge in [-0.25, -0.2) is 5.43 Å². The molecule has 0 aromatic heterocycles. The molecule has 0 radical (unpaired) electrons. The van der Waals surface area contributed by atoms with Crippen molar-refractivity contribution in [1.29, 1.82) is 0 Å². The van der Waals surface area contributed by atoms with Crippen LogP contribution in [0.25, 0.3) is 10.8 Å². The minimum absolute atomic E-state index is 0.0809. The molecule has 4 aromatic carbocycles. The van der Waals surface area contributed by atoms with Gasteiger partial charge in [-0.05, 0) is 54.7 Å². The van der Waals surface area contributed by atoms with E-state index in [1.165, 1.54) is 30.0 Å². The molecular formula is C31H32ClN5O3. The van der Waals surface area contributed by atoms with Crippen molar-refractivity contribution in [1.82, 2.24) is 20.5 Å². The number of aromatic hydroxyl groups is 1. The Hall–Kier alpha value is -4.24. The highest BCUT2D eigenvalue weighted by molar-refractivity contribution is 6.32. The maximum atomic E-state index is 13.3. The Kier molecular flexibility index (Phi) is 9.86. The fraction of sp³-hybridized carbons (Fsp3) is 0.194. The van der Waals surface area contributed by atoms with Crippen LogP contribution in [0.1, 0.15) is 31.8 Å². The summed E-state index contributed by atoms with van der Waals surface area (Å²) in [5.74, 6) is -0.734. The number of hydrogen-bond acceptors (Lipinski definition) is 6. The van der Waals surface area contributed by atoms with E-state index in [0.717, 1.165) is 36.0 Å². The summed E-state index contributed by atoms with van der Waals surface area (Å²) in [6.07, 6.45) is 1.53. The maximum Gasteiger partial charge on any atom is 0.271 e. The SMILES string of the molecule is CN(C)CCN(CNC(=O)c1ccc(/C=N/NC(=O)c2ccc(O)c(Cl)c2)c2ccccc12)Cc1ccccc1. The first kappa shape index (κ1) is 28.8. The molecule has 0 atom stereocenters. The Balaban J connectivity index is 1.46. The zero-order valence-corrected chi connectivity index (χ0v) is 23.2. The second-order valence-corrected chi connectivity index (χ2v) is 10.0. The molecular weight excluding hydrogens is 526 g/mol. The Morgan fingerprint density at radius 2 is 1.62 bits per heavy atom. The number of amides is 2. The number of likely N-dealkylation sites (N-methyl/N-ethyl adjacent to an activating group) is 1. The number of phenols is 1.